The lowest BCUT2D eigenvalue weighted by Crippen LogP contribution is -2.48. The van der Waals surface area contributed by atoms with Crippen molar-refractivity contribution in [2.45, 2.75) is 39.0 Å². The zero-order valence-electron chi connectivity index (χ0n) is 11.5. The van der Waals surface area contributed by atoms with Gasteiger partial charge in [0, 0.05) is 13.2 Å². The summed E-state index contributed by atoms with van der Waals surface area (Å²) < 4.78 is 5.45. The zero-order chi connectivity index (χ0) is 12.8. The van der Waals surface area contributed by atoms with E-state index in [1.54, 1.807) is 0 Å². The van der Waals surface area contributed by atoms with Gasteiger partial charge in [-0.3, -0.25) is 4.79 Å². The minimum absolute atomic E-state index is 0.124. The summed E-state index contributed by atoms with van der Waals surface area (Å²) in [5.74, 6) is 0.774. The first kappa shape index (κ1) is 13.8. The van der Waals surface area contributed by atoms with Gasteiger partial charge in [-0.15, -0.1) is 0 Å². The highest BCUT2D eigenvalue weighted by atomic mass is 16.5. The van der Waals surface area contributed by atoms with Crippen molar-refractivity contribution in [3.05, 3.63) is 0 Å². The van der Waals surface area contributed by atoms with E-state index in [9.17, 15) is 4.79 Å². The van der Waals surface area contributed by atoms with Gasteiger partial charge in [0.2, 0.25) is 5.91 Å². The molecule has 0 radical (unpaired) electrons. The Morgan fingerprint density at radius 3 is 2.83 bits per heavy atom. The summed E-state index contributed by atoms with van der Waals surface area (Å²) in [6.07, 6.45) is 5.19. The van der Waals surface area contributed by atoms with E-state index in [2.05, 4.69) is 17.6 Å². The first-order valence-corrected chi connectivity index (χ1v) is 7.33. The standard InChI is InChI=1S/C14H26N2O2/c1-2-14(5-7-15-8-6-14)13(17)16-10-12-4-3-9-18-11-12/h12,15H,2-11H2,1H3,(H,16,17). The smallest absolute Gasteiger partial charge is 0.226 e. The van der Waals surface area contributed by atoms with E-state index in [4.69, 9.17) is 4.74 Å². The predicted octanol–water partition coefficient (Wildman–Crippen LogP) is 1.31. The third-order valence-electron chi connectivity index (χ3n) is 4.53. The summed E-state index contributed by atoms with van der Waals surface area (Å²) in [4.78, 5) is 12.4. The highest BCUT2D eigenvalue weighted by Crippen LogP contribution is 2.32. The molecule has 2 saturated heterocycles. The molecule has 4 heteroatoms. The van der Waals surface area contributed by atoms with Crippen LogP contribution in [-0.4, -0.2) is 38.8 Å². The van der Waals surface area contributed by atoms with Crippen LogP contribution in [0.5, 0.6) is 0 Å². The monoisotopic (exact) mass is 254 g/mol. The van der Waals surface area contributed by atoms with Gasteiger partial charge in [0.15, 0.2) is 0 Å². The van der Waals surface area contributed by atoms with Crippen LogP contribution in [0.15, 0.2) is 0 Å². The number of piperidine rings is 1. The maximum absolute atomic E-state index is 12.4. The van der Waals surface area contributed by atoms with Gasteiger partial charge in [0.25, 0.3) is 0 Å². The molecule has 0 spiro atoms. The number of hydrogen-bond acceptors (Lipinski definition) is 3. The van der Waals surface area contributed by atoms with Gasteiger partial charge in [-0.25, -0.2) is 0 Å². The molecule has 0 aromatic carbocycles. The quantitative estimate of drug-likeness (QED) is 0.795. The average Bonchev–Trinajstić information content (AvgIpc) is 2.46. The molecule has 1 unspecified atom stereocenters. The Labute approximate surface area is 110 Å². The topological polar surface area (TPSA) is 50.4 Å². The van der Waals surface area contributed by atoms with Crippen LogP contribution in [0.3, 0.4) is 0 Å². The molecule has 1 amide bonds. The highest BCUT2D eigenvalue weighted by molar-refractivity contribution is 5.82. The largest absolute Gasteiger partial charge is 0.381 e. The van der Waals surface area contributed by atoms with Crippen LogP contribution in [0.2, 0.25) is 0 Å². The summed E-state index contributed by atoms with van der Waals surface area (Å²) in [5.41, 5.74) is -0.124. The third kappa shape index (κ3) is 3.23. The van der Waals surface area contributed by atoms with Crippen molar-refractivity contribution in [2.75, 3.05) is 32.8 Å². The van der Waals surface area contributed by atoms with Gasteiger partial charge in [0.1, 0.15) is 0 Å². The van der Waals surface area contributed by atoms with Crippen molar-refractivity contribution < 1.29 is 9.53 Å². The lowest BCUT2D eigenvalue weighted by atomic mass is 9.76. The molecule has 2 rings (SSSR count). The Hall–Kier alpha value is -0.610. The number of carbonyl (C=O) groups excluding carboxylic acids is 1. The zero-order valence-corrected chi connectivity index (χ0v) is 11.5. The molecular formula is C14H26N2O2. The molecule has 18 heavy (non-hydrogen) atoms. The molecule has 4 nitrogen and oxygen atoms in total. The van der Waals surface area contributed by atoms with Crippen LogP contribution in [0.4, 0.5) is 0 Å². The Morgan fingerprint density at radius 1 is 1.44 bits per heavy atom. The molecule has 2 N–H and O–H groups in total. The second-order valence-electron chi connectivity index (χ2n) is 5.68. The van der Waals surface area contributed by atoms with Crippen LogP contribution in [-0.2, 0) is 9.53 Å². The van der Waals surface area contributed by atoms with Gasteiger partial charge < -0.3 is 15.4 Å². The van der Waals surface area contributed by atoms with E-state index in [1.807, 2.05) is 0 Å². The number of rotatable bonds is 4. The van der Waals surface area contributed by atoms with E-state index in [1.165, 1.54) is 6.42 Å². The maximum atomic E-state index is 12.4. The molecule has 0 aliphatic carbocycles. The molecule has 2 fully saturated rings. The molecule has 104 valence electrons. The second kappa shape index (κ2) is 6.53. The lowest BCUT2D eigenvalue weighted by Gasteiger charge is -2.36. The maximum Gasteiger partial charge on any atom is 0.226 e. The number of amides is 1. The SMILES string of the molecule is CCC1(C(=O)NCC2CCCOC2)CCNCC1. The van der Waals surface area contributed by atoms with Crippen molar-refractivity contribution >= 4 is 5.91 Å². The minimum atomic E-state index is -0.124. The Kier molecular flexibility index (Phi) is 5.01. The summed E-state index contributed by atoms with van der Waals surface area (Å²) in [5, 5.41) is 6.50. The summed E-state index contributed by atoms with van der Waals surface area (Å²) in [6.45, 7) is 6.54. The van der Waals surface area contributed by atoms with Crippen LogP contribution in [0.25, 0.3) is 0 Å². The summed E-state index contributed by atoms with van der Waals surface area (Å²) >= 11 is 0. The first-order chi connectivity index (χ1) is 8.77. The van der Waals surface area contributed by atoms with Crippen LogP contribution < -0.4 is 10.6 Å². The van der Waals surface area contributed by atoms with Gasteiger partial charge >= 0.3 is 0 Å². The average molecular weight is 254 g/mol. The number of hydrogen-bond donors (Lipinski definition) is 2. The Morgan fingerprint density at radius 2 is 2.22 bits per heavy atom. The Balaban J connectivity index is 1.81. The van der Waals surface area contributed by atoms with E-state index in [0.29, 0.717) is 5.92 Å². The lowest BCUT2D eigenvalue weighted by molar-refractivity contribution is -0.133. The van der Waals surface area contributed by atoms with Gasteiger partial charge in [-0.1, -0.05) is 6.92 Å². The van der Waals surface area contributed by atoms with Crippen LogP contribution in [0.1, 0.15) is 39.0 Å². The normalized spacial score (nSPS) is 27.7. The van der Waals surface area contributed by atoms with Crippen molar-refractivity contribution in [3.8, 4) is 0 Å². The first-order valence-electron chi connectivity index (χ1n) is 7.33. The third-order valence-corrected chi connectivity index (χ3v) is 4.53. The fraction of sp³-hybridized carbons (Fsp3) is 0.929. The fourth-order valence-corrected chi connectivity index (χ4v) is 3.04. The number of ether oxygens (including phenoxy) is 1. The molecule has 2 aliphatic rings. The van der Waals surface area contributed by atoms with Crippen molar-refractivity contribution in [1.29, 1.82) is 0 Å². The van der Waals surface area contributed by atoms with E-state index < -0.39 is 0 Å². The molecule has 1 atom stereocenters. The van der Waals surface area contributed by atoms with Crippen molar-refractivity contribution in [1.82, 2.24) is 10.6 Å². The molecule has 0 aromatic heterocycles. The van der Waals surface area contributed by atoms with Crippen molar-refractivity contribution in [3.63, 3.8) is 0 Å². The number of carbonyl (C=O) groups is 1. The van der Waals surface area contributed by atoms with Crippen LogP contribution >= 0.6 is 0 Å². The molecule has 0 saturated carbocycles. The second-order valence-corrected chi connectivity index (χ2v) is 5.68. The summed E-state index contributed by atoms with van der Waals surface area (Å²) in [7, 11) is 0. The van der Waals surface area contributed by atoms with Gasteiger partial charge in [-0.2, -0.15) is 0 Å². The highest BCUT2D eigenvalue weighted by Gasteiger charge is 2.37. The molecule has 0 bridgehead atoms. The van der Waals surface area contributed by atoms with E-state index in [0.717, 1.165) is 58.5 Å². The van der Waals surface area contributed by atoms with E-state index >= 15 is 0 Å². The van der Waals surface area contributed by atoms with E-state index in [-0.39, 0.29) is 11.3 Å². The molecular weight excluding hydrogens is 228 g/mol. The summed E-state index contributed by atoms with van der Waals surface area (Å²) in [6, 6.07) is 0. The molecule has 0 aromatic rings. The minimum Gasteiger partial charge on any atom is -0.381 e. The van der Waals surface area contributed by atoms with Gasteiger partial charge in [0.05, 0.1) is 12.0 Å². The molecule has 2 heterocycles. The predicted molar refractivity (Wildman–Crippen MR) is 71.4 cm³/mol. The van der Waals surface area contributed by atoms with Crippen LogP contribution in [0, 0.1) is 11.3 Å². The molecule has 2 aliphatic heterocycles. The van der Waals surface area contributed by atoms with Gasteiger partial charge in [-0.05, 0) is 51.1 Å². The van der Waals surface area contributed by atoms with Crippen molar-refractivity contribution in [2.24, 2.45) is 11.3 Å². The Bertz CT molecular complexity index is 269. The fourth-order valence-electron chi connectivity index (χ4n) is 3.04. The number of nitrogens with one attached hydrogen (secondary N) is 2.